The van der Waals surface area contributed by atoms with E-state index in [-0.39, 0.29) is 66.3 Å². The van der Waals surface area contributed by atoms with E-state index < -0.39 is 24.1 Å². The van der Waals surface area contributed by atoms with Crippen molar-refractivity contribution in [3.63, 3.8) is 0 Å². The highest BCUT2D eigenvalue weighted by molar-refractivity contribution is 8.03. The molecule has 0 spiro atoms. The first-order valence-corrected chi connectivity index (χ1v) is 15.0. The van der Waals surface area contributed by atoms with Gasteiger partial charge in [0.2, 0.25) is 17.7 Å². The van der Waals surface area contributed by atoms with Gasteiger partial charge in [0.1, 0.15) is 24.7 Å². The van der Waals surface area contributed by atoms with E-state index in [1.807, 2.05) is 11.8 Å². The van der Waals surface area contributed by atoms with E-state index in [1.165, 1.54) is 27.7 Å². The third kappa shape index (κ3) is 6.00. The van der Waals surface area contributed by atoms with E-state index in [9.17, 15) is 28.7 Å². The quantitative estimate of drug-likeness (QED) is 0.200. The van der Waals surface area contributed by atoms with Gasteiger partial charge in [0, 0.05) is 67.9 Å². The Morgan fingerprint density at radius 3 is 2.67 bits per heavy atom. The van der Waals surface area contributed by atoms with Crippen molar-refractivity contribution in [3.05, 3.63) is 16.9 Å². The fraction of sp³-hybridized carbons (Fsp3) is 0.720. The third-order valence-electron chi connectivity index (χ3n) is 8.49. The number of amides is 3. The number of nitrogens with zero attached hydrogens (tertiary/aromatic N) is 7. The van der Waals surface area contributed by atoms with Gasteiger partial charge in [-0.1, -0.05) is 6.92 Å². The number of carboxylic acids is 1. The minimum Gasteiger partial charge on any atom is -0.477 e. The summed E-state index contributed by atoms with van der Waals surface area (Å²) in [7, 11) is 0. The van der Waals surface area contributed by atoms with Crippen molar-refractivity contribution in [3.8, 4) is 0 Å². The molecular weight excluding hydrogens is 571 g/mol. The molecule has 17 heteroatoms. The molecule has 4 aliphatic heterocycles. The number of rotatable bonds is 11. The standard InChI is InChI=1S/C25H37FN10O5S/c1-13-20-19(14(2)30-18(37)11-35-12-29-31-32-35)24(39)36(20)21(25(40)41)22(13)42-16-7-17(28-9-16)23(38)34-5-3-33(4-6-34)10-15(26)8-27/h12-17,19-20,28H,3-11,27H2,1-2H3,(H,30,37)(H,40,41)/t13-,14-,15?,16+,17+,19-,20-/m1/s1. The second-order valence-corrected chi connectivity index (χ2v) is 12.6. The van der Waals surface area contributed by atoms with Crippen molar-refractivity contribution < 1.29 is 28.7 Å². The van der Waals surface area contributed by atoms with Gasteiger partial charge >= 0.3 is 5.97 Å². The number of nitrogens with one attached hydrogen (secondary N) is 2. The second kappa shape index (κ2) is 12.6. The molecule has 0 aromatic carbocycles. The number of carbonyl (C=O) groups is 4. The van der Waals surface area contributed by atoms with E-state index in [1.54, 1.807) is 11.8 Å². The summed E-state index contributed by atoms with van der Waals surface area (Å²) >= 11 is 1.41. The number of tetrazole rings is 1. The Bertz CT molecular complexity index is 1230. The lowest BCUT2D eigenvalue weighted by molar-refractivity contribution is -0.158. The van der Waals surface area contributed by atoms with E-state index in [2.05, 4.69) is 26.2 Å². The van der Waals surface area contributed by atoms with Crippen LogP contribution in [0.5, 0.6) is 0 Å². The van der Waals surface area contributed by atoms with E-state index in [0.717, 1.165) is 0 Å². The highest BCUT2D eigenvalue weighted by Gasteiger charge is 2.60. The summed E-state index contributed by atoms with van der Waals surface area (Å²) in [5.41, 5.74) is 5.37. The zero-order chi connectivity index (χ0) is 30.1. The number of alkyl halides is 1. The summed E-state index contributed by atoms with van der Waals surface area (Å²) in [6.45, 7) is 6.53. The average molecular weight is 609 g/mol. The molecule has 3 saturated heterocycles. The van der Waals surface area contributed by atoms with Crippen LogP contribution in [0.4, 0.5) is 4.39 Å². The Balaban J connectivity index is 1.17. The number of aromatic nitrogens is 4. The minimum atomic E-state index is -1.17. The minimum absolute atomic E-state index is 0.00872. The molecule has 5 heterocycles. The fourth-order valence-corrected chi connectivity index (χ4v) is 7.85. The molecule has 3 fully saturated rings. The number of fused-ring (bicyclic) bond motifs is 1. The SMILES string of the molecule is C[C@@H](NC(=O)Cn1cnnn1)[C@H]1C(=O)N2C(C(=O)O)=C(S[C@@H]3CN[C@H](C(=O)N4CCN(CC(F)CN)CC4)C3)[C@H](C)[C@H]12. The van der Waals surface area contributed by atoms with Gasteiger partial charge in [-0.05, 0) is 23.8 Å². The average Bonchev–Trinajstić information content (AvgIpc) is 3.69. The molecule has 1 aromatic heterocycles. The number of β-lactam (4-membered cyclic amide) rings is 1. The number of carbonyl (C=O) groups excluding carboxylic acids is 3. The Labute approximate surface area is 246 Å². The van der Waals surface area contributed by atoms with Gasteiger partial charge in [-0.2, -0.15) is 0 Å². The van der Waals surface area contributed by atoms with Gasteiger partial charge in [0.05, 0.1) is 18.0 Å². The van der Waals surface area contributed by atoms with Crippen LogP contribution in [0.15, 0.2) is 16.9 Å². The molecule has 1 unspecified atom stereocenters. The number of piperazine rings is 1. The van der Waals surface area contributed by atoms with Crippen molar-refractivity contribution in [1.29, 1.82) is 0 Å². The van der Waals surface area contributed by atoms with Crippen molar-refractivity contribution >= 4 is 35.5 Å². The smallest absolute Gasteiger partial charge is 0.353 e. The van der Waals surface area contributed by atoms with Crippen LogP contribution < -0.4 is 16.4 Å². The molecule has 42 heavy (non-hydrogen) atoms. The number of nitrogens with two attached hydrogens (primary N) is 1. The van der Waals surface area contributed by atoms with Crippen LogP contribution in [-0.2, 0) is 25.7 Å². The lowest BCUT2D eigenvalue weighted by Crippen LogP contribution is -2.66. The summed E-state index contributed by atoms with van der Waals surface area (Å²) in [5.74, 6) is -2.70. The molecular formula is C25H37FN10O5S. The van der Waals surface area contributed by atoms with Crippen LogP contribution in [0.1, 0.15) is 20.3 Å². The van der Waals surface area contributed by atoms with E-state index in [4.69, 9.17) is 5.73 Å². The summed E-state index contributed by atoms with van der Waals surface area (Å²) in [6.07, 6.45) is 0.763. The first-order chi connectivity index (χ1) is 20.1. The predicted molar refractivity (Wildman–Crippen MR) is 148 cm³/mol. The largest absolute Gasteiger partial charge is 0.477 e. The molecule has 7 atom stereocenters. The van der Waals surface area contributed by atoms with Gasteiger partial charge in [-0.25, -0.2) is 13.9 Å². The zero-order valence-electron chi connectivity index (χ0n) is 23.6. The topological polar surface area (TPSA) is 192 Å². The van der Waals surface area contributed by atoms with Crippen molar-refractivity contribution in [1.82, 2.24) is 45.5 Å². The molecule has 15 nitrogen and oxygen atoms in total. The summed E-state index contributed by atoms with van der Waals surface area (Å²) in [5, 5.41) is 26.8. The monoisotopic (exact) mass is 608 g/mol. The lowest BCUT2D eigenvalue weighted by Gasteiger charge is -2.47. The molecule has 0 aliphatic carbocycles. The summed E-state index contributed by atoms with van der Waals surface area (Å²) < 4.78 is 14.9. The fourth-order valence-electron chi connectivity index (χ4n) is 6.37. The molecule has 0 saturated carbocycles. The Morgan fingerprint density at radius 1 is 1.29 bits per heavy atom. The zero-order valence-corrected chi connectivity index (χ0v) is 24.4. The molecule has 3 amide bonds. The molecule has 5 rings (SSSR count). The van der Waals surface area contributed by atoms with Gasteiger partial charge in [-0.3, -0.25) is 19.3 Å². The summed E-state index contributed by atoms with van der Waals surface area (Å²) in [4.78, 5) is 56.9. The highest BCUT2D eigenvalue weighted by atomic mass is 32.2. The maximum Gasteiger partial charge on any atom is 0.353 e. The van der Waals surface area contributed by atoms with Crippen LogP contribution >= 0.6 is 11.8 Å². The highest BCUT2D eigenvalue weighted by Crippen LogP contribution is 2.51. The van der Waals surface area contributed by atoms with Gasteiger partial charge in [-0.15, -0.1) is 16.9 Å². The number of aliphatic carboxylic acids is 1. The predicted octanol–water partition coefficient (Wildman–Crippen LogP) is -2.14. The number of hydrogen-bond donors (Lipinski definition) is 4. The van der Waals surface area contributed by atoms with Gasteiger partial charge < -0.3 is 31.3 Å². The normalized spacial score (nSPS) is 29.3. The first-order valence-electron chi connectivity index (χ1n) is 14.1. The lowest BCUT2D eigenvalue weighted by atomic mass is 9.78. The van der Waals surface area contributed by atoms with Crippen molar-refractivity contribution in [2.75, 3.05) is 45.8 Å². The maximum atomic E-state index is 13.6. The van der Waals surface area contributed by atoms with Crippen LogP contribution in [0.3, 0.4) is 0 Å². The number of hydrogen-bond acceptors (Lipinski definition) is 11. The van der Waals surface area contributed by atoms with E-state index >= 15 is 0 Å². The Hall–Kier alpha value is -3.15. The molecule has 0 radical (unpaired) electrons. The van der Waals surface area contributed by atoms with Crippen molar-refractivity contribution in [2.24, 2.45) is 17.6 Å². The van der Waals surface area contributed by atoms with Gasteiger partial charge in [0.25, 0.3) is 0 Å². The summed E-state index contributed by atoms with van der Waals surface area (Å²) in [6, 6.07) is -1.30. The molecule has 4 aliphatic rings. The Kier molecular flexibility index (Phi) is 9.10. The second-order valence-electron chi connectivity index (χ2n) is 11.3. The Morgan fingerprint density at radius 2 is 2.02 bits per heavy atom. The van der Waals surface area contributed by atoms with Crippen LogP contribution in [0, 0.1) is 11.8 Å². The molecule has 5 N–H and O–H groups in total. The molecule has 0 bridgehead atoms. The van der Waals surface area contributed by atoms with E-state index in [0.29, 0.717) is 44.0 Å². The molecule has 230 valence electrons. The van der Waals surface area contributed by atoms with Crippen LogP contribution in [0.25, 0.3) is 0 Å². The van der Waals surface area contributed by atoms with Crippen LogP contribution in [0.2, 0.25) is 0 Å². The first kappa shape index (κ1) is 30.3. The third-order valence-corrected chi connectivity index (χ3v) is 10.0. The van der Waals surface area contributed by atoms with Crippen LogP contribution in [-0.4, -0.2) is 139 Å². The molecule has 1 aromatic rings. The van der Waals surface area contributed by atoms with Gasteiger partial charge in [0.15, 0.2) is 0 Å². The number of carboxylic acid groups (broad SMARTS) is 1. The maximum absolute atomic E-state index is 13.6. The number of thioether (sulfide) groups is 1. The van der Waals surface area contributed by atoms with Crippen molar-refractivity contribution in [2.45, 2.75) is 56.4 Å². The number of halogens is 1.